The summed E-state index contributed by atoms with van der Waals surface area (Å²) in [6.07, 6.45) is 1.71. The molecule has 0 unspecified atom stereocenters. The maximum absolute atomic E-state index is 6.17. The van der Waals surface area contributed by atoms with Crippen molar-refractivity contribution in [1.29, 1.82) is 0 Å². The summed E-state index contributed by atoms with van der Waals surface area (Å²) in [7, 11) is 0. The van der Waals surface area contributed by atoms with Crippen LogP contribution in [0, 0.1) is 0 Å². The van der Waals surface area contributed by atoms with Crippen molar-refractivity contribution < 1.29 is 9.47 Å². The highest BCUT2D eigenvalue weighted by Gasteiger charge is 2.07. The Bertz CT molecular complexity index is 990. The van der Waals surface area contributed by atoms with Gasteiger partial charge in [-0.05, 0) is 60.5 Å². The number of nitrogens with one attached hydrogen (secondary N) is 1. The lowest BCUT2D eigenvalue weighted by Crippen LogP contribution is -2.07. The van der Waals surface area contributed by atoms with Crippen molar-refractivity contribution in [2.45, 2.75) is 20.1 Å². The molecule has 156 valence electrons. The van der Waals surface area contributed by atoms with Crippen molar-refractivity contribution in [3.8, 4) is 11.5 Å². The van der Waals surface area contributed by atoms with Crippen LogP contribution >= 0.6 is 39.1 Å². The fraction of sp³-hybridized carbons (Fsp3) is 0.174. The Kier molecular flexibility index (Phi) is 8.43. The van der Waals surface area contributed by atoms with E-state index in [9.17, 15) is 0 Å². The van der Waals surface area contributed by atoms with Crippen molar-refractivity contribution in [1.82, 2.24) is 5.43 Å². The first-order chi connectivity index (χ1) is 14.6. The molecule has 0 aliphatic heterocycles. The minimum atomic E-state index is 0.432. The van der Waals surface area contributed by atoms with E-state index in [1.807, 2.05) is 55.5 Å². The summed E-state index contributed by atoms with van der Waals surface area (Å²) >= 11 is 15.8. The molecule has 0 aliphatic carbocycles. The predicted octanol–water partition coefficient (Wildman–Crippen LogP) is 6.86. The molecule has 4 nitrogen and oxygen atoms in total. The van der Waals surface area contributed by atoms with Gasteiger partial charge in [0.2, 0.25) is 0 Å². The molecule has 1 N–H and O–H groups in total. The number of nitrogens with zero attached hydrogens (tertiary/aromatic N) is 1. The third-order valence-electron chi connectivity index (χ3n) is 4.20. The highest BCUT2D eigenvalue weighted by Crippen LogP contribution is 2.29. The van der Waals surface area contributed by atoms with Crippen molar-refractivity contribution in [2.75, 3.05) is 6.61 Å². The minimum absolute atomic E-state index is 0.432. The summed E-state index contributed by atoms with van der Waals surface area (Å²) in [5.41, 5.74) is 5.74. The van der Waals surface area contributed by atoms with Gasteiger partial charge in [-0.3, -0.25) is 0 Å². The molecule has 0 saturated carbocycles. The first-order valence-electron chi connectivity index (χ1n) is 9.39. The summed E-state index contributed by atoms with van der Waals surface area (Å²) in [5.74, 6) is 1.36. The molecule has 0 spiro atoms. The van der Waals surface area contributed by atoms with Crippen molar-refractivity contribution in [2.24, 2.45) is 5.10 Å². The zero-order valence-corrected chi connectivity index (χ0v) is 19.5. The van der Waals surface area contributed by atoms with Crippen LogP contribution in [0.5, 0.6) is 11.5 Å². The fourth-order valence-corrected chi connectivity index (χ4v) is 3.48. The quantitative estimate of drug-likeness (QED) is 0.254. The smallest absolute Gasteiger partial charge is 0.161 e. The molecule has 0 bridgehead atoms. The van der Waals surface area contributed by atoms with Gasteiger partial charge in [0.15, 0.2) is 11.5 Å². The molecule has 0 radical (unpaired) electrons. The van der Waals surface area contributed by atoms with Crippen LogP contribution in [0.1, 0.15) is 23.6 Å². The average molecular weight is 508 g/mol. The van der Waals surface area contributed by atoms with Gasteiger partial charge in [0.05, 0.1) is 19.4 Å². The Labute approximate surface area is 194 Å². The van der Waals surface area contributed by atoms with Gasteiger partial charge in [0.1, 0.15) is 6.61 Å². The van der Waals surface area contributed by atoms with Crippen molar-refractivity contribution in [3.05, 3.63) is 91.9 Å². The molecule has 0 aromatic heterocycles. The molecule has 3 aromatic carbocycles. The molecule has 0 saturated heterocycles. The first-order valence-corrected chi connectivity index (χ1v) is 10.9. The van der Waals surface area contributed by atoms with Crippen LogP contribution in [0.3, 0.4) is 0 Å². The third kappa shape index (κ3) is 6.39. The number of benzene rings is 3. The Hall–Kier alpha value is -2.21. The maximum Gasteiger partial charge on any atom is 0.161 e. The van der Waals surface area contributed by atoms with Gasteiger partial charge < -0.3 is 14.9 Å². The SMILES string of the molecule is CCOc1cc(/C=N\NCc2c(Cl)cccc2Cl)ccc1OCc1ccc(Br)cc1. The average Bonchev–Trinajstić information content (AvgIpc) is 2.73. The summed E-state index contributed by atoms with van der Waals surface area (Å²) < 4.78 is 12.7. The van der Waals surface area contributed by atoms with E-state index in [-0.39, 0.29) is 0 Å². The van der Waals surface area contributed by atoms with E-state index in [1.54, 1.807) is 18.3 Å². The minimum Gasteiger partial charge on any atom is -0.490 e. The highest BCUT2D eigenvalue weighted by atomic mass is 79.9. The fourth-order valence-electron chi connectivity index (χ4n) is 2.68. The third-order valence-corrected chi connectivity index (χ3v) is 5.43. The van der Waals surface area contributed by atoms with Crippen molar-refractivity contribution in [3.63, 3.8) is 0 Å². The summed E-state index contributed by atoms with van der Waals surface area (Å²) in [5, 5.41) is 5.47. The van der Waals surface area contributed by atoms with Gasteiger partial charge >= 0.3 is 0 Å². The zero-order chi connectivity index (χ0) is 21.3. The summed E-state index contributed by atoms with van der Waals surface area (Å²) in [6.45, 7) is 3.37. The van der Waals surface area contributed by atoms with Crippen LogP contribution < -0.4 is 14.9 Å². The van der Waals surface area contributed by atoms with Crippen LogP contribution in [-0.2, 0) is 13.2 Å². The Morgan fingerprint density at radius 2 is 1.70 bits per heavy atom. The van der Waals surface area contributed by atoms with E-state index in [0.717, 1.165) is 21.2 Å². The van der Waals surface area contributed by atoms with Crippen molar-refractivity contribution >= 4 is 45.3 Å². The second-order valence-electron chi connectivity index (χ2n) is 6.35. The Balaban J connectivity index is 1.63. The first kappa shape index (κ1) is 22.5. The van der Waals surface area contributed by atoms with Gasteiger partial charge in [0.25, 0.3) is 0 Å². The van der Waals surface area contributed by atoms with E-state index >= 15 is 0 Å². The van der Waals surface area contributed by atoms with Gasteiger partial charge in [-0.2, -0.15) is 5.10 Å². The lowest BCUT2D eigenvalue weighted by Gasteiger charge is -2.13. The predicted molar refractivity (Wildman–Crippen MR) is 127 cm³/mol. The largest absolute Gasteiger partial charge is 0.490 e. The number of hydrazone groups is 1. The number of ether oxygens (including phenoxy) is 2. The lowest BCUT2D eigenvalue weighted by molar-refractivity contribution is 0.269. The maximum atomic E-state index is 6.17. The topological polar surface area (TPSA) is 42.8 Å². The Morgan fingerprint density at radius 1 is 0.967 bits per heavy atom. The molecule has 7 heteroatoms. The van der Waals surface area contributed by atoms with Crippen LogP contribution in [-0.4, -0.2) is 12.8 Å². The molecule has 3 rings (SSSR count). The van der Waals surface area contributed by atoms with Gasteiger partial charge in [-0.1, -0.05) is 57.3 Å². The van der Waals surface area contributed by atoms with E-state index in [0.29, 0.717) is 41.3 Å². The molecule has 30 heavy (non-hydrogen) atoms. The number of halogens is 3. The van der Waals surface area contributed by atoms with E-state index < -0.39 is 0 Å². The van der Waals surface area contributed by atoms with Gasteiger partial charge in [-0.25, -0.2) is 0 Å². The second kappa shape index (κ2) is 11.3. The van der Waals surface area contributed by atoms with Crippen LogP contribution in [0.15, 0.2) is 70.2 Å². The standard InChI is InChI=1S/C23H21BrCl2N2O2/c1-2-29-23-12-17(13-27-28-14-19-20(25)4-3-5-21(19)26)8-11-22(23)30-15-16-6-9-18(24)10-7-16/h3-13,28H,2,14-15H2,1H3/b27-13-. The summed E-state index contributed by atoms with van der Waals surface area (Å²) in [4.78, 5) is 0. The van der Waals surface area contributed by atoms with E-state index in [1.165, 1.54) is 0 Å². The van der Waals surface area contributed by atoms with Gasteiger partial charge in [-0.15, -0.1) is 0 Å². The highest BCUT2D eigenvalue weighted by molar-refractivity contribution is 9.10. The Morgan fingerprint density at radius 3 is 2.40 bits per heavy atom. The van der Waals surface area contributed by atoms with E-state index in [2.05, 4.69) is 26.5 Å². The second-order valence-corrected chi connectivity index (χ2v) is 8.08. The molecule has 0 atom stereocenters. The number of hydrogen-bond donors (Lipinski definition) is 1. The lowest BCUT2D eigenvalue weighted by atomic mass is 10.2. The molecule has 0 fully saturated rings. The number of rotatable bonds is 9. The van der Waals surface area contributed by atoms with Crippen LogP contribution in [0.2, 0.25) is 10.0 Å². The van der Waals surface area contributed by atoms with Crippen LogP contribution in [0.25, 0.3) is 0 Å². The summed E-state index contributed by atoms with van der Waals surface area (Å²) in [6, 6.07) is 19.1. The van der Waals surface area contributed by atoms with E-state index in [4.69, 9.17) is 32.7 Å². The molecule has 0 heterocycles. The van der Waals surface area contributed by atoms with Gasteiger partial charge in [0, 0.05) is 20.1 Å². The number of hydrogen-bond acceptors (Lipinski definition) is 4. The molecule has 3 aromatic rings. The zero-order valence-electron chi connectivity index (χ0n) is 16.4. The van der Waals surface area contributed by atoms with Crippen LogP contribution in [0.4, 0.5) is 0 Å². The monoisotopic (exact) mass is 506 g/mol. The molecular weight excluding hydrogens is 487 g/mol. The molecular formula is C23H21BrCl2N2O2. The molecule has 0 amide bonds. The normalized spacial score (nSPS) is 10.9. The molecule has 0 aliphatic rings.